The van der Waals surface area contributed by atoms with Gasteiger partial charge in [0.2, 0.25) is 5.91 Å². The lowest BCUT2D eigenvalue weighted by Gasteiger charge is -2.41. The van der Waals surface area contributed by atoms with Crippen molar-refractivity contribution in [2.45, 2.75) is 46.2 Å². The van der Waals surface area contributed by atoms with Crippen LogP contribution in [0.3, 0.4) is 0 Å². The van der Waals surface area contributed by atoms with Crippen molar-refractivity contribution in [2.24, 2.45) is 5.41 Å². The van der Waals surface area contributed by atoms with Crippen LogP contribution in [0.25, 0.3) is 0 Å². The first-order valence-corrected chi connectivity index (χ1v) is 6.97. The van der Waals surface area contributed by atoms with Gasteiger partial charge in [-0.2, -0.15) is 0 Å². The smallest absolute Gasteiger partial charge is 0.310 e. The van der Waals surface area contributed by atoms with Crippen molar-refractivity contribution in [1.29, 1.82) is 0 Å². The highest BCUT2D eigenvalue weighted by atomic mass is 16.5. The summed E-state index contributed by atoms with van der Waals surface area (Å²) in [6, 6.07) is -0.429. The van der Waals surface area contributed by atoms with E-state index < -0.39 is 23.0 Å². The third kappa shape index (κ3) is 3.49. The monoisotopic (exact) mass is 286 g/mol. The summed E-state index contributed by atoms with van der Waals surface area (Å²) < 4.78 is 5.22. The minimum absolute atomic E-state index is 0.0115. The van der Waals surface area contributed by atoms with E-state index in [9.17, 15) is 14.7 Å². The van der Waals surface area contributed by atoms with E-state index in [1.165, 1.54) is 0 Å². The molecule has 6 heteroatoms. The maximum atomic E-state index is 12.3. The molecule has 0 aromatic heterocycles. The van der Waals surface area contributed by atoms with E-state index in [1.54, 1.807) is 25.7 Å². The van der Waals surface area contributed by atoms with Crippen LogP contribution < -0.4 is 5.32 Å². The number of aliphatic carboxylic acids is 1. The van der Waals surface area contributed by atoms with Gasteiger partial charge in [-0.05, 0) is 34.6 Å². The standard InChI is InChI=1S/C14H26N2O4/c1-10(11(17)16-6-8-20-9-7-16)15-14(4,5)13(2,3)12(18)19/h10,15H,6-9H2,1-5H3,(H,18,19). The number of hydrogen-bond donors (Lipinski definition) is 2. The van der Waals surface area contributed by atoms with Crippen LogP contribution in [-0.4, -0.2) is 59.8 Å². The summed E-state index contributed by atoms with van der Waals surface area (Å²) in [5.74, 6) is -0.899. The summed E-state index contributed by atoms with van der Waals surface area (Å²) in [5, 5.41) is 12.5. The Morgan fingerprint density at radius 3 is 2.15 bits per heavy atom. The number of rotatable bonds is 5. The molecule has 1 fully saturated rings. The average Bonchev–Trinajstić information content (AvgIpc) is 2.37. The lowest BCUT2D eigenvalue weighted by molar-refractivity contribution is -0.152. The SMILES string of the molecule is CC(NC(C)(C)C(C)(C)C(=O)O)C(=O)N1CCOCC1. The highest BCUT2D eigenvalue weighted by Gasteiger charge is 2.44. The fourth-order valence-electron chi connectivity index (χ4n) is 2.11. The Morgan fingerprint density at radius 2 is 1.70 bits per heavy atom. The Labute approximate surface area is 120 Å². The zero-order chi connectivity index (χ0) is 15.6. The maximum Gasteiger partial charge on any atom is 0.310 e. The third-order valence-corrected chi connectivity index (χ3v) is 4.37. The molecule has 0 saturated carbocycles. The van der Waals surface area contributed by atoms with Crippen LogP contribution >= 0.6 is 0 Å². The van der Waals surface area contributed by atoms with E-state index in [4.69, 9.17) is 4.74 Å². The van der Waals surface area contributed by atoms with Crippen LogP contribution in [-0.2, 0) is 14.3 Å². The molecule has 0 aliphatic carbocycles. The van der Waals surface area contributed by atoms with Gasteiger partial charge in [0.25, 0.3) is 0 Å². The number of carbonyl (C=O) groups excluding carboxylic acids is 1. The van der Waals surface area contributed by atoms with Gasteiger partial charge in [-0.15, -0.1) is 0 Å². The van der Waals surface area contributed by atoms with Crippen molar-refractivity contribution >= 4 is 11.9 Å². The summed E-state index contributed by atoms with van der Waals surface area (Å²) >= 11 is 0. The molecule has 0 radical (unpaired) electrons. The van der Waals surface area contributed by atoms with Crippen molar-refractivity contribution in [3.63, 3.8) is 0 Å². The Morgan fingerprint density at radius 1 is 1.20 bits per heavy atom. The number of carboxylic acids is 1. The molecule has 0 aromatic carbocycles. The minimum atomic E-state index is -0.980. The van der Waals surface area contributed by atoms with Crippen LogP contribution in [0.4, 0.5) is 0 Å². The molecule has 1 unspecified atom stereocenters. The van der Waals surface area contributed by atoms with Gasteiger partial charge >= 0.3 is 5.97 Å². The first-order valence-electron chi connectivity index (χ1n) is 6.97. The average molecular weight is 286 g/mol. The summed E-state index contributed by atoms with van der Waals surface area (Å²) in [5.41, 5.74) is -1.69. The number of carbonyl (C=O) groups is 2. The van der Waals surface area contributed by atoms with E-state index in [0.717, 1.165) is 0 Å². The predicted octanol–water partition coefficient (Wildman–Crippen LogP) is 0.713. The topological polar surface area (TPSA) is 78.9 Å². The van der Waals surface area contributed by atoms with Crippen molar-refractivity contribution in [3.05, 3.63) is 0 Å². The van der Waals surface area contributed by atoms with Crippen LogP contribution in [0.1, 0.15) is 34.6 Å². The molecule has 1 rings (SSSR count). The van der Waals surface area contributed by atoms with Gasteiger partial charge in [0.1, 0.15) is 0 Å². The molecule has 1 heterocycles. The summed E-state index contributed by atoms with van der Waals surface area (Å²) in [4.78, 5) is 25.5. The largest absolute Gasteiger partial charge is 0.481 e. The quantitative estimate of drug-likeness (QED) is 0.778. The second-order valence-electron chi connectivity index (χ2n) is 6.36. The summed E-state index contributed by atoms with van der Waals surface area (Å²) in [6.07, 6.45) is 0. The molecule has 20 heavy (non-hydrogen) atoms. The van der Waals surface area contributed by atoms with E-state index in [2.05, 4.69) is 5.32 Å². The number of carboxylic acid groups (broad SMARTS) is 1. The lowest BCUT2D eigenvalue weighted by Crippen LogP contribution is -2.61. The van der Waals surface area contributed by atoms with Gasteiger partial charge in [0.15, 0.2) is 0 Å². The van der Waals surface area contributed by atoms with Gasteiger partial charge in [-0.3, -0.25) is 14.9 Å². The first-order chi connectivity index (χ1) is 9.09. The van der Waals surface area contributed by atoms with Gasteiger partial charge in [-0.25, -0.2) is 0 Å². The number of nitrogens with one attached hydrogen (secondary N) is 1. The van der Waals surface area contributed by atoms with E-state index in [-0.39, 0.29) is 5.91 Å². The number of ether oxygens (including phenoxy) is 1. The predicted molar refractivity (Wildman–Crippen MR) is 75.5 cm³/mol. The molecule has 0 spiro atoms. The Bertz CT molecular complexity index is 373. The number of morpholine rings is 1. The lowest BCUT2D eigenvalue weighted by atomic mass is 9.74. The molecule has 1 saturated heterocycles. The van der Waals surface area contributed by atoms with E-state index in [0.29, 0.717) is 26.3 Å². The van der Waals surface area contributed by atoms with Gasteiger partial charge in [0, 0.05) is 18.6 Å². The Balaban J connectivity index is 2.70. The van der Waals surface area contributed by atoms with Gasteiger partial charge < -0.3 is 14.7 Å². The summed E-state index contributed by atoms with van der Waals surface area (Å²) in [6.45, 7) is 11.0. The molecule has 0 aromatic rings. The normalized spacial score (nSPS) is 18.8. The van der Waals surface area contributed by atoms with Crippen molar-refractivity contribution < 1.29 is 19.4 Å². The van der Waals surface area contributed by atoms with Crippen molar-refractivity contribution in [3.8, 4) is 0 Å². The van der Waals surface area contributed by atoms with Crippen LogP contribution in [0.5, 0.6) is 0 Å². The van der Waals surface area contributed by atoms with Gasteiger partial charge in [0.05, 0.1) is 24.7 Å². The van der Waals surface area contributed by atoms with Gasteiger partial charge in [-0.1, -0.05) is 0 Å². The molecule has 1 atom stereocenters. The highest BCUT2D eigenvalue weighted by molar-refractivity contribution is 5.82. The second kappa shape index (κ2) is 6.10. The molecule has 116 valence electrons. The Hall–Kier alpha value is -1.14. The molecular formula is C14H26N2O4. The third-order valence-electron chi connectivity index (χ3n) is 4.37. The highest BCUT2D eigenvalue weighted by Crippen LogP contribution is 2.31. The fourth-order valence-corrected chi connectivity index (χ4v) is 2.11. The zero-order valence-electron chi connectivity index (χ0n) is 13.0. The molecule has 1 amide bonds. The van der Waals surface area contributed by atoms with E-state index in [1.807, 2.05) is 13.8 Å². The number of nitrogens with zero attached hydrogens (tertiary/aromatic N) is 1. The molecule has 1 aliphatic heterocycles. The van der Waals surface area contributed by atoms with E-state index >= 15 is 0 Å². The molecule has 1 aliphatic rings. The molecular weight excluding hydrogens is 260 g/mol. The fraction of sp³-hybridized carbons (Fsp3) is 0.857. The van der Waals surface area contributed by atoms with Crippen LogP contribution in [0, 0.1) is 5.41 Å². The minimum Gasteiger partial charge on any atom is -0.481 e. The molecule has 0 bridgehead atoms. The number of hydrogen-bond acceptors (Lipinski definition) is 4. The van der Waals surface area contributed by atoms with Crippen molar-refractivity contribution in [2.75, 3.05) is 26.3 Å². The van der Waals surface area contributed by atoms with Crippen LogP contribution in [0.15, 0.2) is 0 Å². The van der Waals surface area contributed by atoms with Crippen molar-refractivity contribution in [1.82, 2.24) is 10.2 Å². The first kappa shape index (κ1) is 16.9. The second-order valence-corrected chi connectivity index (χ2v) is 6.36. The van der Waals surface area contributed by atoms with Crippen LogP contribution in [0.2, 0.25) is 0 Å². The Kier molecular flexibility index (Phi) is 5.15. The summed E-state index contributed by atoms with van der Waals surface area (Å²) in [7, 11) is 0. The molecule has 6 nitrogen and oxygen atoms in total. The maximum absolute atomic E-state index is 12.3. The zero-order valence-corrected chi connectivity index (χ0v) is 13.0. The molecule has 2 N–H and O–H groups in total. The number of amides is 1.